The quantitative estimate of drug-likeness (QED) is 0.763. The molecule has 3 nitrogen and oxygen atoms in total. The van der Waals surface area contributed by atoms with Gasteiger partial charge >= 0.3 is 0 Å². The lowest BCUT2D eigenvalue weighted by atomic mass is 9.95. The highest BCUT2D eigenvalue weighted by Gasteiger charge is 2.56. The maximum atomic E-state index is 9.17. The second-order valence-electron chi connectivity index (χ2n) is 7.68. The van der Waals surface area contributed by atoms with Crippen molar-refractivity contribution in [2.24, 2.45) is 5.92 Å². The van der Waals surface area contributed by atoms with E-state index in [1.54, 1.807) is 0 Å². The van der Waals surface area contributed by atoms with Crippen molar-refractivity contribution in [2.45, 2.75) is 57.2 Å². The smallest absolute Gasteiger partial charge is 0.191 e. The molecule has 1 saturated carbocycles. The molecule has 1 aromatic rings. The Labute approximate surface area is 129 Å². The summed E-state index contributed by atoms with van der Waals surface area (Å²) in [5.74, 6) is 0.432. The second kappa shape index (κ2) is 5.55. The van der Waals surface area contributed by atoms with Gasteiger partial charge in [0.15, 0.2) is 8.32 Å². The van der Waals surface area contributed by atoms with Gasteiger partial charge in [0.25, 0.3) is 0 Å². The summed E-state index contributed by atoms with van der Waals surface area (Å²) in [5.41, 5.74) is 0.980. The van der Waals surface area contributed by atoms with E-state index in [2.05, 4.69) is 44.9 Å². The van der Waals surface area contributed by atoms with Crippen LogP contribution >= 0.6 is 0 Å². The fourth-order valence-corrected chi connectivity index (χ4v) is 3.59. The van der Waals surface area contributed by atoms with E-state index in [0.29, 0.717) is 12.3 Å². The highest BCUT2D eigenvalue weighted by molar-refractivity contribution is 6.74. The van der Waals surface area contributed by atoms with Gasteiger partial charge in [-0.3, -0.25) is 4.98 Å². The molecule has 114 valence electrons. The van der Waals surface area contributed by atoms with Gasteiger partial charge in [0, 0.05) is 30.3 Å². The average molecular weight is 302 g/mol. The van der Waals surface area contributed by atoms with E-state index in [0.717, 1.165) is 18.7 Å². The molecule has 2 rings (SSSR count). The van der Waals surface area contributed by atoms with E-state index in [9.17, 15) is 0 Å². The molecule has 1 aromatic heterocycles. The van der Waals surface area contributed by atoms with Crippen LogP contribution in [0.25, 0.3) is 0 Å². The maximum absolute atomic E-state index is 9.17. The number of pyridine rings is 1. The zero-order valence-corrected chi connectivity index (χ0v) is 14.8. The summed E-state index contributed by atoms with van der Waals surface area (Å²) in [6.45, 7) is 12.1. The molecule has 1 heterocycles. The van der Waals surface area contributed by atoms with Crippen molar-refractivity contribution in [2.75, 3.05) is 6.61 Å². The Balaban J connectivity index is 2.06. The van der Waals surface area contributed by atoms with Gasteiger partial charge in [-0.05, 0) is 42.6 Å². The fraction of sp³-hybridized carbons (Fsp3) is 0.647. The van der Waals surface area contributed by atoms with Crippen LogP contribution in [0.4, 0.5) is 0 Å². The Morgan fingerprint density at radius 1 is 1.43 bits per heavy atom. The standard InChI is InChI=1S/C17H26N2OSi/c1-16(2,3)21(4,5)20-13-14-12-17(14,9-10-18)15-8-6-7-11-19-15/h6-8,11,14H,9,12-13H2,1-5H3/t14-,17+/m1/s1. The molecule has 1 fully saturated rings. The van der Waals surface area contributed by atoms with Crippen LogP contribution in [0, 0.1) is 17.2 Å². The average Bonchev–Trinajstić information content (AvgIpc) is 3.11. The Morgan fingerprint density at radius 2 is 2.14 bits per heavy atom. The molecule has 0 aliphatic heterocycles. The molecule has 0 N–H and O–H groups in total. The summed E-state index contributed by atoms with van der Waals surface area (Å²) >= 11 is 0. The molecule has 1 aliphatic carbocycles. The second-order valence-corrected chi connectivity index (χ2v) is 12.5. The minimum atomic E-state index is -1.72. The van der Waals surface area contributed by atoms with E-state index in [1.165, 1.54) is 0 Å². The lowest BCUT2D eigenvalue weighted by molar-refractivity contribution is 0.260. The van der Waals surface area contributed by atoms with Gasteiger partial charge in [0.05, 0.1) is 6.07 Å². The van der Waals surface area contributed by atoms with Gasteiger partial charge in [-0.15, -0.1) is 0 Å². The zero-order valence-electron chi connectivity index (χ0n) is 13.8. The fourth-order valence-electron chi connectivity index (χ4n) is 2.54. The molecule has 0 aromatic carbocycles. The van der Waals surface area contributed by atoms with Gasteiger partial charge in [-0.1, -0.05) is 26.8 Å². The Morgan fingerprint density at radius 3 is 2.67 bits per heavy atom. The number of rotatable bonds is 5. The first kappa shape index (κ1) is 16.2. The summed E-state index contributed by atoms with van der Waals surface area (Å²) < 4.78 is 6.34. The summed E-state index contributed by atoms with van der Waals surface area (Å²) in [7, 11) is -1.72. The zero-order chi connectivity index (χ0) is 15.7. The highest BCUT2D eigenvalue weighted by atomic mass is 28.4. The first-order valence-corrected chi connectivity index (χ1v) is 10.6. The lowest BCUT2D eigenvalue weighted by Gasteiger charge is -2.36. The number of nitriles is 1. The molecule has 1 aliphatic rings. The van der Waals surface area contributed by atoms with Crippen LogP contribution in [0.2, 0.25) is 18.1 Å². The number of hydrogen-bond donors (Lipinski definition) is 0. The summed E-state index contributed by atoms with van der Waals surface area (Å²) in [5, 5.41) is 9.40. The van der Waals surface area contributed by atoms with Crippen LogP contribution in [0.15, 0.2) is 24.4 Å². The molecular weight excluding hydrogens is 276 g/mol. The predicted molar refractivity (Wildman–Crippen MR) is 87.4 cm³/mol. The molecule has 21 heavy (non-hydrogen) atoms. The normalized spacial score (nSPS) is 25.4. The Kier molecular flexibility index (Phi) is 4.28. The third-order valence-electron chi connectivity index (χ3n) is 5.25. The minimum Gasteiger partial charge on any atom is -0.417 e. The van der Waals surface area contributed by atoms with Crippen LogP contribution in [-0.2, 0) is 9.84 Å². The molecule has 0 radical (unpaired) electrons. The largest absolute Gasteiger partial charge is 0.417 e. The number of nitrogens with zero attached hydrogens (tertiary/aromatic N) is 2. The van der Waals surface area contributed by atoms with Gasteiger partial charge in [0.1, 0.15) is 0 Å². The number of aromatic nitrogens is 1. The van der Waals surface area contributed by atoms with Crippen LogP contribution in [-0.4, -0.2) is 19.9 Å². The van der Waals surface area contributed by atoms with E-state index in [4.69, 9.17) is 9.69 Å². The van der Waals surface area contributed by atoms with E-state index in [1.807, 2.05) is 24.4 Å². The van der Waals surface area contributed by atoms with E-state index < -0.39 is 8.32 Å². The van der Waals surface area contributed by atoms with Crippen LogP contribution < -0.4 is 0 Å². The molecule has 0 spiro atoms. The highest BCUT2D eigenvalue weighted by Crippen LogP contribution is 2.56. The molecule has 0 amide bonds. The molecule has 0 unspecified atom stereocenters. The first-order chi connectivity index (χ1) is 9.73. The summed E-state index contributed by atoms with van der Waals surface area (Å²) in [6, 6.07) is 8.32. The molecular formula is C17H26N2OSi. The molecule has 4 heteroatoms. The molecule has 2 atom stereocenters. The summed E-state index contributed by atoms with van der Waals surface area (Å²) in [6.07, 6.45) is 3.38. The lowest BCUT2D eigenvalue weighted by Crippen LogP contribution is -2.41. The molecule has 0 saturated heterocycles. The SMILES string of the molecule is CC(C)(C)[Si](C)(C)OC[C@H]1C[C@]1(CC#N)c1ccccn1. The van der Waals surface area contributed by atoms with Crippen LogP contribution in [0.5, 0.6) is 0 Å². The predicted octanol–water partition coefficient (Wildman–Crippen LogP) is 4.27. The van der Waals surface area contributed by atoms with Gasteiger partial charge in [-0.2, -0.15) is 5.26 Å². The van der Waals surface area contributed by atoms with Crippen molar-refractivity contribution in [1.29, 1.82) is 5.26 Å². The first-order valence-electron chi connectivity index (χ1n) is 7.65. The van der Waals surface area contributed by atoms with E-state index in [-0.39, 0.29) is 10.5 Å². The van der Waals surface area contributed by atoms with Crippen molar-refractivity contribution in [1.82, 2.24) is 4.98 Å². The topological polar surface area (TPSA) is 45.9 Å². The monoisotopic (exact) mass is 302 g/mol. The van der Waals surface area contributed by atoms with Crippen molar-refractivity contribution >= 4 is 8.32 Å². The minimum absolute atomic E-state index is 0.0711. The number of hydrogen-bond acceptors (Lipinski definition) is 3. The van der Waals surface area contributed by atoms with Crippen molar-refractivity contribution in [3.05, 3.63) is 30.1 Å². The van der Waals surface area contributed by atoms with Crippen molar-refractivity contribution in [3.63, 3.8) is 0 Å². The third-order valence-corrected chi connectivity index (χ3v) is 9.75. The third kappa shape index (κ3) is 3.19. The van der Waals surface area contributed by atoms with Gasteiger partial charge < -0.3 is 4.43 Å². The van der Waals surface area contributed by atoms with Crippen molar-refractivity contribution in [3.8, 4) is 6.07 Å². The van der Waals surface area contributed by atoms with Crippen molar-refractivity contribution < 1.29 is 4.43 Å². The Bertz CT molecular complexity index is 530. The Hall–Kier alpha value is -1.18. The molecule has 0 bridgehead atoms. The maximum Gasteiger partial charge on any atom is 0.191 e. The van der Waals surface area contributed by atoms with Crippen LogP contribution in [0.3, 0.4) is 0 Å². The van der Waals surface area contributed by atoms with Crippen LogP contribution in [0.1, 0.15) is 39.3 Å². The van der Waals surface area contributed by atoms with E-state index >= 15 is 0 Å². The van der Waals surface area contributed by atoms with Gasteiger partial charge in [0.2, 0.25) is 0 Å². The summed E-state index contributed by atoms with van der Waals surface area (Å²) in [4.78, 5) is 4.48. The van der Waals surface area contributed by atoms with Gasteiger partial charge in [-0.25, -0.2) is 0 Å².